The number of rotatable bonds is 3. The van der Waals surface area contributed by atoms with Crippen molar-refractivity contribution >= 4 is 11.3 Å². The Hall–Kier alpha value is -1.12. The third kappa shape index (κ3) is 2.65. The second-order valence-corrected chi connectivity index (χ2v) is 6.23. The van der Waals surface area contributed by atoms with Crippen molar-refractivity contribution in [2.45, 2.75) is 39.7 Å². The zero-order chi connectivity index (χ0) is 13.3. The van der Waals surface area contributed by atoms with Crippen LogP contribution in [0, 0.1) is 20.8 Å². The van der Waals surface area contributed by atoms with E-state index in [2.05, 4.69) is 45.0 Å². The lowest BCUT2D eigenvalue weighted by Gasteiger charge is -2.24. The van der Waals surface area contributed by atoms with Crippen molar-refractivity contribution < 1.29 is 5.11 Å². The van der Waals surface area contributed by atoms with Gasteiger partial charge in [0, 0.05) is 11.3 Å². The van der Waals surface area contributed by atoms with Gasteiger partial charge in [0.25, 0.3) is 0 Å². The molecule has 1 aromatic heterocycles. The summed E-state index contributed by atoms with van der Waals surface area (Å²) in [6.45, 7) is 8.16. The maximum Gasteiger partial charge on any atom is 0.100 e. The summed E-state index contributed by atoms with van der Waals surface area (Å²) in [6, 6.07) is 8.48. The van der Waals surface area contributed by atoms with E-state index in [-0.39, 0.29) is 0 Å². The highest BCUT2D eigenvalue weighted by Crippen LogP contribution is 2.32. The smallest absolute Gasteiger partial charge is 0.100 e. The molecule has 0 fully saturated rings. The largest absolute Gasteiger partial charge is 0.384 e. The van der Waals surface area contributed by atoms with Crippen LogP contribution < -0.4 is 0 Å². The Morgan fingerprint density at radius 1 is 1.11 bits per heavy atom. The first-order chi connectivity index (χ1) is 8.40. The van der Waals surface area contributed by atoms with Crippen LogP contribution in [0.4, 0.5) is 0 Å². The number of aliphatic hydroxyl groups is 1. The SMILES string of the molecule is Cc1ccc(C)c(CC(C)(O)c2sccc2C)c1. The Balaban J connectivity index is 2.33. The average Bonchev–Trinajstić information content (AvgIpc) is 2.70. The van der Waals surface area contributed by atoms with E-state index < -0.39 is 5.60 Å². The van der Waals surface area contributed by atoms with Gasteiger partial charge in [-0.3, -0.25) is 0 Å². The first kappa shape index (κ1) is 13.3. The summed E-state index contributed by atoms with van der Waals surface area (Å²) in [5, 5.41) is 12.8. The highest BCUT2D eigenvalue weighted by Gasteiger charge is 2.27. The summed E-state index contributed by atoms with van der Waals surface area (Å²) in [4.78, 5) is 1.07. The van der Waals surface area contributed by atoms with Gasteiger partial charge in [-0.05, 0) is 55.8 Å². The fraction of sp³-hybridized carbons (Fsp3) is 0.375. The van der Waals surface area contributed by atoms with E-state index in [9.17, 15) is 5.11 Å². The lowest BCUT2D eigenvalue weighted by Crippen LogP contribution is -2.24. The molecule has 2 aromatic rings. The van der Waals surface area contributed by atoms with Gasteiger partial charge >= 0.3 is 0 Å². The molecule has 1 nitrogen and oxygen atoms in total. The highest BCUT2D eigenvalue weighted by molar-refractivity contribution is 7.10. The molecule has 1 unspecified atom stereocenters. The fourth-order valence-corrected chi connectivity index (χ4v) is 3.35. The molecule has 1 atom stereocenters. The molecule has 0 aliphatic carbocycles. The van der Waals surface area contributed by atoms with E-state index in [1.807, 2.05) is 12.3 Å². The van der Waals surface area contributed by atoms with E-state index in [0.29, 0.717) is 6.42 Å². The fourth-order valence-electron chi connectivity index (χ4n) is 2.37. The summed E-state index contributed by atoms with van der Waals surface area (Å²) in [7, 11) is 0. The van der Waals surface area contributed by atoms with Gasteiger partial charge in [0.05, 0.1) is 0 Å². The van der Waals surface area contributed by atoms with Crippen LogP contribution in [-0.2, 0) is 12.0 Å². The van der Waals surface area contributed by atoms with Gasteiger partial charge in [-0.25, -0.2) is 0 Å². The second-order valence-electron chi connectivity index (χ2n) is 5.31. The maximum absolute atomic E-state index is 10.7. The van der Waals surface area contributed by atoms with Gasteiger partial charge in [0.15, 0.2) is 0 Å². The van der Waals surface area contributed by atoms with Crippen molar-refractivity contribution in [3.8, 4) is 0 Å². The normalized spacial score (nSPS) is 14.5. The summed E-state index contributed by atoms with van der Waals surface area (Å²) in [5.41, 5.74) is 4.11. The monoisotopic (exact) mass is 260 g/mol. The van der Waals surface area contributed by atoms with Crippen LogP contribution >= 0.6 is 11.3 Å². The van der Waals surface area contributed by atoms with E-state index in [1.54, 1.807) is 11.3 Å². The second kappa shape index (κ2) is 4.87. The van der Waals surface area contributed by atoms with E-state index >= 15 is 0 Å². The molecule has 96 valence electrons. The molecule has 0 bridgehead atoms. The molecule has 0 saturated carbocycles. The molecule has 2 rings (SSSR count). The van der Waals surface area contributed by atoms with Crippen molar-refractivity contribution in [1.29, 1.82) is 0 Å². The molecule has 1 N–H and O–H groups in total. The third-order valence-corrected chi connectivity index (χ3v) is 4.66. The van der Waals surface area contributed by atoms with Gasteiger partial charge in [-0.15, -0.1) is 11.3 Å². The number of hydrogen-bond acceptors (Lipinski definition) is 2. The Morgan fingerprint density at radius 3 is 2.44 bits per heavy atom. The first-order valence-electron chi connectivity index (χ1n) is 6.23. The molecule has 0 spiro atoms. The van der Waals surface area contributed by atoms with E-state index in [4.69, 9.17) is 0 Å². The molecular formula is C16H20OS. The molecule has 1 heterocycles. The average molecular weight is 260 g/mol. The van der Waals surface area contributed by atoms with Gasteiger partial charge in [-0.1, -0.05) is 23.8 Å². The summed E-state index contributed by atoms with van der Waals surface area (Å²) in [5.74, 6) is 0. The van der Waals surface area contributed by atoms with E-state index in [0.717, 1.165) is 4.88 Å². The topological polar surface area (TPSA) is 20.2 Å². The van der Waals surface area contributed by atoms with Gasteiger partial charge in [0.1, 0.15) is 5.60 Å². The third-order valence-electron chi connectivity index (χ3n) is 3.39. The van der Waals surface area contributed by atoms with E-state index in [1.165, 1.54) is 22.3 Å². The maximum atomic E-state index is 10.7. The van der Waals surface area contributed by atoms with Crippen molar-refractivity contribution in [2.24, 2.45) is 0 Å². The van der Waals surface area contributed by atoms with Crippen LogP contribution in [0.2, 0.25) is 0 Å². The minimum Gasteiger partial charge on any atom is -0.384 e. The Labute approximate surface area is 113 Å². The lowest BCUT2D eigenvalue weighted by atomic mass is 9.90. The van der Waals surface area contributed by atoms with Crippen LogP contribution in [0.1, 0.15) is 34.1 Å². The van der Waals surface area contributed by atoms with Gasteiger partial charge < -0.3 is 5.11 Å². The predicted molar refractivity (Wildman–Crippen MR) is 78.2 cm³/mol. The number of benzene rings is 1. The standard InChI is InChI=1S/C16H20OS/c1-11-5-6-12(2)14(9-11)10-16(4,17)15-13(3)7-8-18-15/h5-9,17H,10H2,1-4H3. The molecule has 2 heteroatoms. The van der Waals surface area contributed by atoms with Gasteiger partial charge in [-0.2, -0.15) is 0 Å². The molecule has 0 aliphatic rings. The Kier molecular flexibility index (Phi) is 3.60. The number of thiophene rings is 1. The molecule has 0 saturated heterocycles. The Bertz CT molecular complexity index is 552. The molecule has 18 heavy (non-hydrogen) atoms. The summed E-state index contributed by atoms with van der Waals surface area (Å²) >= 11 is 1.64. The lowest BCUT2D eigenvalue weighted by molar-refractivity contribution is 0.0607. The zero-order valence-corrected chi connectivity index (χ0v) is 12.3. The van der Waals surface area contributed by atoms with Crippen molar-refractivity contribution in [2.75, 3.05) is 0 Å². The van der Waals surface area contributed by atoms with Crippen molar-refractivity contribution in [1.82, 2.24) is 0 Å². The predicted octanol–water partition coefficient (Wildman–Crippen LogP) is 4.12. The Morgan fingerprint density at radius 2 is 1.83 bits per heavy atom. The quantitative estimate of drug-likeness (QED) is 0.880. The zero-order valence-electron chi connectivity index (χ0n) is 11.4. The van der Waals surface area contributed by atoms with Crippen LogP contribution in [0.25, 0.3) is 0 Å². The molecule has 0 amide bonds. The molecule has 1 aromatic carbocycles. The van der Waals surface area contributed by atoms with Crippen molar-refractivity contribution in [3.63, 3.8) is 0 Å². The summed E-state index contributed by atoms with van der Waals surface area (Å²) < 4.78 is 0. The first-order valence-corrected chi connectivity index (χ1v) is 7.11. The van der Waals surface area contributed by atoms with Crippen molar-refractivity contribution in [3.05, 3.63) is 56.8 Å². The molecule has 0 aliphatic heterocycles. The summed E-state index contributed by atoms with van der Waals surface area (Å²) in [6.07, 6.45) is 0.669. The van der Waals surface area contributed by atoms with Gasteiger partial charge in [0.2, 0.25) is 0 Å². The minimum absolute atomic E-state index is 0.669. The van der Waals surface area contributed by atoms with Crippen LogP contribution in [0.5, 0.6) is 0 Å². The van der Waals surface area contributed by atoms with Crippen LogP contribution in [0.15, 0.2) is 29.6 Å². The highest BCUT2D eigenvalue weighted by atomic mass is 32.1. The minimum atomic E-state index is -0.781. The number of hydrogen-bond donors (Lipinski definition) is 1. The van der Waals surface area contributed by atoms with Crippen LogP contribution in [-0.4, -0.2) is 5.11 Å². The van der Waals surface area contributed by atoms with Crippen LogP contribution in [0.3, 0.4) is 0 Å². The molecule has 0 radical (unpaired) electrons. The number of aryl methyl sites for hydroxylation is 3. The molecular weight excluding hydrogens is 240 g/mol.